The maximum Gasteiger partial charge on any atom is 0.331 e. The van der Waals surface area contributed by atoms with Crippen molar-refractivity contribution < 1.29 is 34.0 Å². The smallest absolute Gasteiger partial charge is 0.331 e. The van der Waals surface area contributed by atoms with Crippen LogP contribution in [0.3, 0.4) is 0 Å². The second-order valence-electron chi connectivity index (χ2n) is 5.04. The molecule has 1 aromatic rings. The lowest BCUT2D eigenvalue weighted by Gasteiger charge is -2.22. The average molecular weight is 322 g/mol. The van der Waals surface area contributed by atoms with Gasteiger partial charge in [0.05, 0.1) is 13.2 Å². The fraction of sp³-hybridized carbons (Fsp3) is 0.375. The summed E-state index contributed by atoms with van der Waals surface area (Å²) in [6.07, 6.45) is -2.70. The molecule has 0 aromatic heterocycles. The van der Waals surface area contributed by atoms with Gasteiger partial charge in [0, 0.05) is 6.92 Å². The van der Waals surface area contributed by atoms with Crippen LogP contribution < -0.4 is 0 Å². The third kappa shape index (κ3) is 4.30. The highest BCUT2D eigenvalue weighted by molar-refractivity contribution is 5.80. The number of carbonyl (C=O) groups excluding carboxylic acids is 1. The van der Waals surface area contributed by atoms with Crippen molar-refractivity contribution in [2.45, 2.75) is 31.3 Å². The highest BCUT2D eigenvalue weighted by Gasteiger charge is 2.51. The van der Waals surface area contributed by atoms with Crippen molar-refractivity contribution in [1.82, 2.24) is 0 Å². The van der Waals surface area contributed by atoms with Crippen molar-refractivity contribution >= 4 is 11.9 Å². The maximum absolute atomic E-state index is 11.3. The van der Waals surface area contributed by atoms with Gasteiger partial charge in [-0.25, -0.2) is 4.79 Å². The zero-order valence-corrected chi connectivity index (χ0v) is 12.7. The van der Waals surface area contributed by atoms with E-state index in [1.54, 1.807) is 0 Å². The van der Waals surface area contributed by atoms with E-state index in [0.717, 1.165) is 11.6 Å². The number of esters is 1. The van der Waals surface area contributed by atoms with E-state index in [9.17, 15) is 14.7 Å². The molecule has 1 heterocycles. The molecular formula is C16H18O7. The van der Waals surface area contributed by atoms with E-state index in [2.05, 4.69) is 0 Å². The summed E-state index contributed by atoms with van der Waals surface area (Å²) in [7, 11) is 1.23. The molecule has 124 valence electrons. The van der Waals surface area contributed by atoms with E-state index >= 15 is 0 Å². The Kier molecular flexibility index (Phi) is 5.36. The fourth-order valence-corrected chi connectivity index (χ4v) is 2.34. The number of aliphatic hydroxyl groups excluding tert-OH is 1. The first-order chi connectivity index (χ1) is 10.9. The first kappa shape index (κ1) is 17.0. The first-order valence-corrected chi connectivity index (χ1v) is 6.98. The van der Waals surface area contributed by atoms with Crippen LogP contribution in [0.5, 0.6) is 0 Å². The molecule has 7 heteroatoms. The van der Waals surface area contributed by atoms with E-state index in [1.807, 2.05) is 30.3 Å². The summed E-state index contributed by atoms with van der Waals surface area (Å²) in [6.45, 7) is 1.20. The maximum atomic E-state index is 11.3. The molecule has 0 aliphatic carbocycles. The third-order valence-corrected chi connectivity index (χ3v) is 3.38. The lowest BCUT2D eigenvalue weighted by atomic mass is 10.0. The number of benzene rings is 1. The molecule has 0 saturated carbocycles. The monoisotopic (exact) mass is 322 g/mol. The second kappa shape index (κ2) is 7.26. The predicted octanol–water partition coefficient (Wildman–Crippen LogP) is 1.03. The number of carboxylic acid groups (broad SMARTS) is 1. The molecule has 1 fully saturated rings. The Labute approximate surface area is 133 Å². The molecule has 2 rings (SSSR count). The van der Waals surface area contributed by atoms with Crippen LogP contribution in [0, 0.1) is 0 Å². The Hall–Kier alpha value is -2.38. The zero-order chi connectivity index (χ0) is 17.0. The number of epoxide rings is 1. The number of carbonyl (C=O) groups is 2. The van der Waals surface area contributed by atoms with Gasteiger partial charge < -0.3 is 24.4 Å². The first-order valence-electron chi connectivity index (χ1n) is 6.98. The van der Waals surface area contributed by atoms with Gasteiger partial charge in [-0.05, 0) is 5.56 Å². The molecule has 1 aromatic carbocycles. The van der Waals surface area contributed by atoms with Crippen LogP contribution in [0.2, 0.25) is 0 Å². The largest absolute Gasteiger partial charge is 0.498 e. The molecule has 1 saturated heterocycles. The molecule has 23 heavy (non-hydrogen) atoms. The van der Waals surface area contributed by atoms with E-state index in [4.69, 9.17) is 19.3 Å². The summed E-state index contributed by atoms with van der Waals surface area (Å²) in [4.78, 5) is 22.1. The molecule has 4 atom stereocenters. The van der Waals surface area contributed by atoms with Crippen LogP contribution in [0.25, 0.3) is 0 Å². The summed E-state index contributed by atoms with van der Waals surface area (Å²) >= 11 is 0. The summed E-state index contributed by atoms with van der Waals surface area (Å²) in [6, 6.07) is 9.25. The van der Waals surface area contributed by atoms with Gasteiger partial charge in [0.15, 0.2) is 12.2 Å². The van der Waals surface area contributed by atoms with E-state index in [1.165, 1.54) is 14.0 Å². The van der Waals surface area contributed by atoms with Crippen LogP contribution in [-0.2, 0) is 23.8 Å². The van der Waals surface area contributed by atoms with Crippen LogP contribution in [0.15, 0.2) is 42.2 Å². The van der Waals surface area contributed by atoms with Crippen molar-refractivity contribution in [2.75, 3.05) is 7.11 Å². The van der Waals surface area contributed by atoms with Crippen molar-refractivity contribution in [3.8, 4) is 0 Å². The van der Waals surface area contributed by atoms with Gasteiger partial charge >= 0.3 is 11.9 Å². The van der Waals surface area contributed by atoms with Crippen LogP contribution in [0.1, 0.15) is 18.6 Å². The van der Waals surface area contributed by atoms with Crippen molar-refractivity contribution in [2.24, 2.45) is 0 Å². The number of rotatable bonds is 7. The fourth-order valence-electron chi connectivity index (χ4n) is 2.34. The van der Waals surface area contributed by atoms with Gasteiger partial charge in [-0.2, -0.15) is 0 Å². The van der Waals surface area contributed by atoms with Gasteiger partial charge in [0.1, 0.15) is 18.0 Å². The minimum atomic E-state index is -1.45. The minimum absolute atomic E-state index is 0.217. The van der Waals surface area contributed by atoms with Gasteiger partial charge in [-0.1, -0.05) is 30.3 Å². The Morgan fingerprint density at radius 1 is 1.30 bits per heavy atom. The van der Waals surface area contributed by atoms with Gasteiger partial charge in [0.2, 0.25) is 0 Å². The molecule has 2 N–H and O–H groups in total. The number of ether oxygens (including phenoxy) is 3. The topological polar surface area (TPSA) is 106 Å². The van der Waals surface area contributed by atoms with Crippen molar-refractivity contribution in [3.63, 3.8) is 0 Å². The average Bonchev–Trinajstić information content (AvgIpc) is 3.30. The van der Waals surface area contributed by atoms with E-state index < -0.39 is 30.3 Å². The molecule has 0 spiro atoms. The molecule has 1 aliphatic rings. The number of hydrogen-bond acceptors (Lipinski definition) is 6. The standard InChI is InChI=1S/C16H18O7/c1-9(17)22-15(13(20)11(21-2)8-12(18)19)16-14(23-16)10-6-4-3-5-7-10/h3-8,13-16,20H,1-2H3,(H,18,19)/t13-,14+,15+,16-/m1/s1. The van der Waals surface area contributed by atoms with Crippen molar-refractivity contribution in [1.29, 1.82) is 0 Å². The van der Waals surface area contributed by atoms with Gasteiger partial charge in [-0.15, -0.1) is 0 Å². The number of hydrogen-bond donors (Lipinski definition) is 2. The minimum Gasteiger partial charge on any atom is -0.498 e. The second-order valence-corrected chi connectivity index (χ2v) is 5.04. The molecular weight excluding hydrogens is 304 g/mol. The Morgan fingerprint density at radius 2 is 1.96 bits per heavy atom. The zero-order valence-electron chi connectivity index (χ0n) is 12.7. The van der Waals surface area contributed by atoms with E-state index in [-0.39, 0.29) is 11.9 Å². The highest BCUT2D eigenvalue weighted by atomic mass is 16.6. The summed E-state index contributed by atoms with van der Waals surface area (Å²) < 4.78 is 15.5. The third-order valence-electron chi connectivity index (χ3n) is 3.38. The number of aliphatic carboxylic acids is 1. The Morgan fingerprint density at radius 3 is 2.48 bits per heavy atom. The lowest BCUT2D eigenvalue weighted by molar-refractivity contribution is -0.153. The molecule has 0 amide bonds. The Balaban J connectivity index is 2.18. The summed E-state index contributed by atoms with van der Waals surface area (Å²) in [5, 5.41) is 19.1. The van der Waals surface area contributed by atoms with Crippen LogP contribution in [0.4, 0.5) is 0 Å². The summed E-state index contributed by atoms with van der Waals surface area (Å²) in [5.41, 5.74) is 0.878. The molecule has 0 unspecified atom stereocenters. The predicted molar refractivity (Wildman–Crippen MR) is 78.3 cm³/mol. The number of carboxylic acids is 1. The molecule has 0 bridgehead atoms. The van der Waals surface area contributed by atoms with Gasteiger partial charge in [-0.3, -0.25) is 4.79 Å². The van der Waals surface area contributed by atoms with Crippen molar-refractivity contribution in [3.05, 3.63) is 47.7 Å². The van der Waals surface area contributed by atoms with Gasteiger partial charge in [0.25, 0.3) is 0 Å². The SMILES string of the molecule is COC(=CC(=O)O)[C@@H](O)[C@H](OC(C)=O)[C@@H]1O[C@H]1c1ccccc1. The summed E-state index contributed by atoms with van der Waals surface area (Å²) in [5.74, 6) is -2.10. The quantitative estimate of drug-likeness (QED) is 0.334. The molecule has 7 nitrogen and oxygen atoms in total. The number of methoxy groups -OCH3 is 1. The molecule has 1 aliphatic heterocycles. The normalized spacial score (nSPS) is 22.8. The highest BCUT2D eigenvalue weighted by Crippen LogP contribution is 2.43. The van der Waals surface area contributed by atoms with Crippen LogP contribution in [-0.4, -0.2) is 47.6 Å². The van der Waals surface area contributed by atoms with Crippen LogP contribution >= 0.6 is 0 Å². The molecule has 0 radical (unpaired) electrons. The lowest BCUT2D eigenvalue weighted by Crippen LogP contribution is -2.37. The van der Waals surface area contributed by atoms with E-state index in [0.29, 0.717) is 0 Å². The number of aliphatic hydroxyl groups is 1. The Bertz CT molecular complexity index is 596.